The minimum absolute atomic E-state index is 0.258. The van der Waals surface area contributed by atoms with Crippen LogP contribution in [0.3, 0.4) is 0 Å². The largest absolute Gasteiger partial charge is 0.0622 e. The lowest BCUT2D eigenvalue weighted by Gasteiger charge is -2.31. The molecule has 2 unspecified atom stereocenters. The first-order valence-electron chi connectivity index (χ1n) is 13.4. The normalized spacial score (nSPS) is 13.0. The Balaban J connectivity index is 1.52. The second-order valence-corrected chi connectivity index (χ2v) is 10.0. The van der Waals surface area contributed by atoms with Gasteiger partial charge in [0, 0.05) is 5.92 Å². The van der Waals surface area contributed by atoms with E-state index in [2.05, 4.69) is 146 Å². The maximum atomic E-state index is 2.37. The monoisotopic (exact) mass is 476 g/mol. The standard InChI is InChI=1S/C37H32/c1-3-14-28(15-4-1)16-11-26-36(34-25-12-21-29-17-7-9-23-32(29)34)37(31-19-5-2-6-20-31)35-27-13-22-30-18-8-10-24-33(30)35/h1-10,12-15,17-25,27,36-37H,11,16,26H2. The second kappa shape index (κ2) is 10.8. The Morgan fingerprint density at radius 2 is 0.946 bits per heavy atom. The molecule has 0 heteroatoms. The van der Waals surface area contributed by atoms with Gasteiger partial charge < -0.3 is 0 Å². The lowest BCUT2D eigenvalue weighted by molar-refractivity contribution is 0.541. The van der Waals surface area contributed by atoms with E-state index in [-0.39, 0.29) is 5.92 Å². The Bertz CT molecular complexity index is 1590. The third-order valence-electron chi connectivity index (χ3n) is 7.77. The Labute approximate surface area is 220 Å². The summed E-state index contributed by atoms with van der Waals surface area (Å²) < 4.78 is 0. The van der Waals surface area contributed by atoms with Crippen molar-refractivity contribution in [3.63, 3.8) is 0 Å². The first-order chi connectivity index (χ1) is 18.4. The van der Waals surface area contributed by atoms with Gasteiger partial charge in [0.1, 0.15) is 0 Å². The Morgan fingerprint density at radius 1 is 0.432 bits per heavy atom. The van der Waals surface area contributed by atoms with Gasteiger partial charge in [0.2, 0.25) is 0 Å². The molecule has 2 atom stereocenters. The highest BCUT2D eigenvalue weighted by Gasteiger charge is 2.28. The van der Waals surface area contributed by atoms with Crippen molar-refractivity contribution in [3.8, 4) is 0 Å². The summed E-state index contributed by atoms with van der Waals surface area (Å²) in [7, 11) is 0. The van der Waals surface area contributed by atoms with Crippen LogP contribution in [-0.4, -0.2) is 0 Å². The molecular formula is C37H32. The van der Waals surface area contributed by atoms with Crippen LogP contribution in [0.5, 0.6) is 0 Å². The van der Waals surface area contributed by atoms with Crippen molar-refractivity contribution in [2.75, 3.05) is 0 Å². The van der Waals surface area contributed by atoms with Gasteiger partial charge in [0.15, 0.2) is 0 Å². The molecule has 0 N–H and O–H groups in total. The number of fused-ring (bicyclic) bond motifs is 2. The molecule has 0 amide bonds. The molecule has 6 aromatic carbocycles. The Hall–Kier alpha value is -4.16. The van der Waals surface area contributed by atoms with Gasteiger partial charge >= 0.3 is 0 Å². The van der Waals surface area contributed by atoms with Crippen molar-refractivity contribution in [1.82, 2.24) is 0 Å². The fourth-order valence-electron chi connectivity index (χ4n) is 6.06. The Kier molecular flexibility index (Phi) is 6.82. The minimum atomic E-state index is 0.258. The van der Waals surface area contributed by atoms with E-state index in [1.165, 1.54) is 43.8 Å². The van der Waals surface area contributed by atoms with Crippen molar-refractivity contribution in [2.24, 2.45) is 0 Å². The zero-order chi connectivity index (χ0) is 24.9. The van der Waals surface area contributed by atoms with Gasteiger partial charge in [-0.2, -0.15) is 0 Å². The van der Waals surface area contributed by atoms with Crippen LogP contribution in [0, 0.1) is 0 Å². The van der Waals surface area contributed by atoms with E-state index < -0.39 is 0 Å². The topological polar surface area (TPSA) is 0 Å². The zero-order valence-corrected chi connectivity index (χ0v) is 21.1. The first kappa shape index (κ1) is 23.3. The molecule has 0 bridgehead atoms. The third kappa shape index (κ3) is 4.93. The highest BCUT2D eigenvalue weighted by molar-refractivity contribution is 5.88. The summed E-state index contributed by atoms with van der Waals surface area (Å²) in [5.41, 5.74) is 5.67. The summed E-state index contributed by atoms with van der Waals surface area (Å²) >= 11 is 0. The molecule has 0 aliphatic rings. The molecule has 0 radical (unpaired) electrons. The average molecular weight is 477 g/mol. The van der Waals surface area contributed by atoms with Gasteiger partial charge in [-0.25, -0.2) is 0 Å². The summed E-state index contributed by atoms with van der Waals surface area (Å²) in [5, 5.41) is 5.35. The van der Waals surface area contributed by atoms with Crippen molar-refractivity contribution in [3.05, 3.63) is 168 Å². The number of rotatable bonds is 8. The highest BCUT2D eigenvalue weighted by atomic mass is 14.3. The lowest BCUT2D eigenvalue weighted by atomic mass is 9.72. The van der Waals surface area contributed by atoms with E-state index in [0.717, 1.165) is 19.3 Å². The molecule has 37 heavy (non-hydrogen) atoms. The summed E-state index contributed by atoms with van der Waals surface area (Å²) in [5.74, 6) is 0.608. The SMILES string of the molecule is c1ccc(CCCC(c2cccc3ccccc23)C(c2ccccc2)c2cccc3ccccc23)cc1. The van der Waals surface area contributed by atoms with E-state index in [1.54, 1.807) is 0 Å². The van der Waals surface area contributed by atoms with E-state index in [0.29, 0.717) is 5.92 Å². The molecular weight excluding hydrogens is 444 g/mol. The van der Waals surface area contributed by atoms with Gasteiger partial charge in [0.25, 0.3) is 0 Å². The predicted molar refractivity (Wildman–Crippen MR) is 158 cm³/mol. The minimum Gasteiger partial charge on any atom is -0.0622 e. The highest BCUT2D eigenvalue weighted by Crippen LogP contribution is 2.45. The van der Waals surface area contributed by atoms with Gasteiger partial charge in [-0.15, -0.1) is 0 Å². The summed E-state index contributed by atoms with van der Waals surface area (Å²) in [6.45, 7) is 0. The van der Waals surface area contributed by atoms with Crippen LogP contribution in [0.2, 0.25) is 0 Å². The second-order valence-electron chi connectivity index (χ2n) is 10.0. The van der Waals surface area contributed by atoms with E-state index in [9.17, 15) is 0 Å². The van der Waals surface area contributed by atoms with Crippen LogP contribution in [0.1, 0.15) is 46.9 Å². The number of hydrogen-bond acceptors (Lipinski definition) is 0. The summed E-state index contributed by atoms with van der Waals surface area (Å²) in [4.78, 5) is 0. The van der Waals surface area contributed by atoms with Crippen molar-refractivity contribution in [2.45, 2.75) is 31.1 Å². The van der Waals surface area contributed by atoms with Crippen LogP contribution in [0.15, 0.2) is 146 Å². The third-order valence-corrected chi connectivity index (χ3v) is 7.77. The van der Waals surface area contributed by atoms with Gasteiger partial charge in [-0.3, -0.25) is 0 Å². The van der Waals surface area contributed by atoms with Crippen molar-refractivity contribution in [1.29, 1.82) is 0 Å². The summed E-state index contributed by atoms with van der Waals surface area (Å²) in [6.07, 6.45) is 3.36. The van der Waals surface area contributed by atoms with Crippen LogP contribution in [0.25, 0.3) is 21.5 Å². The Morgan fingerprint density at radius 3 is 1.62 bits per heavy atom. The van der Waals surface area contributed by atoms with Crippen LogP contribution >= 0.6 is 0 Å². The predicted octanol–water partition coefficient (Wildman–Crippen LogP) is 9.93. The average Bonchev–Trinajstić information content (AvgIpc) is 2.97. The quantitative estimate of drug-likeness (QED) is 0.205. The fourth-order valence-corrected chi connectivity index (χ4v) is 6.06. The maximum absolute atomic E-state index is 2.37. The van der Waals surface area contributed by atoms with E-state index >= 15 is 0 Å². The maximum Gasteiger partial charge on any atom is 0.0164 e. The van der Waals surface area contributed by atoms with Crippen LogP contribution in [-0.2, 0) is 6.42 Å². The van der Waals surface area contributed by atoms with Gasteiger partial charge in [-0.05, 0) is 69.0 Å². The smallest absolute Gasteiger partial charge is 0.0164 e. The molecule has 0 saturated heterocycles. The number of benzene rings is 6. The zero-order valence-electron chi connectivity index (χ0n) is 21.1. The molecule has 6 aromatic rings. The van der Waals surface area contributed by atoms with E-state index in [1.807, 2.05) is 0 Å². The number of hydrogen-bond donors (Lipinski definition) is 0. The van der Waals surface area contributed by atoms with Gasteiger partial charge in [-0.1, -0.05) is 146 Å². The molecule has 180 valence electrons. The molecule has 0 spiro atoms. The molecule has 0 saturated carbocycles. The molecule has 0 heterocycles. The van der Waals surface area contributed by atoms with Crippen LogP contribution < -0.4 is 0 Å². The van der Waals surface area contributed by atoms with Gasteiger partial charge in [0.05, 0.1) is 0 Å². The van der Waals surface area contributed by atoms with Crippen molar-refractivity contribution >= 4 is 21.5 Å². The summed E-state index contributed by atoms with van der Waals surface area (Å²) in [6, 6.07) is 53.5. The molecule has 0 fully saturated rings. The first-order valence-corrected chi connectivity index (χ1v) is 13.4. The lowest BCUT2D eigenvalue weighted by Crippen LogP contribution is -2.15. The fraction of sp³-hybridized carbons (Fsp3) is 0.135. The van der Waals surface area contributed by atoms with E-state index in [4.69, 9.17) is 0 Å². The van der Waals surface area contributed by atoms with Crippen molar-refractivity contribution < 1.29 is 0 Å². The molecule has 6 rings (SSSR count). The van der Waals surface area contributed by atoms with Crippen LogP contribution in [0.4, 0.5) is 0 Å². The molecule has 0 nitrogen and oxygen atoms in total. The molecule has 0 aromatic heterocycles. The number of aryl methyl sites for hydroxylation is 1. The molecule has 0 aliphatic carbocycles. The molecule has 0 aliphatic heterocycles.